The minimum Gasteiger partial charge on any atom is -0.398 e. The van der Waals surface area contributed by atoms with Gasteiger partial charge in [0.25, 0.3) is 5.91 Å². The molecule has 0 spiro atoms. The van der Waals surface area contributed by atoms with Crippen LogP contribution in [0.15, 0.2) is 30.3 Å². The molecule has 1 amide bonds. The molecule has 0 heterocycles. The summed E-state index contributed by atoms with van der Waals surface area (Å²) >= 11 is 0. The number of amides is 1. The van der Waals surface area contributed by atoms with Gasteiger partial charge >= 0.3 is 0 Å². The van der Waals surface area contributed by atoms with Crippen LogP contribution >= 0.6 is 0 Å². The molecule has 0 saturated carbocycles. The van der Waals surface area contributed by atoms with Crippen molar-refractivity contribution in [2.24, 2.45) is 0 Å². The molecule has 0 unspecified atom stereocenters. The van der Waals surface area contributed by atoms with Crippen molar-refractivity contribution in [3.05, 3.63) is 41.5 Å². The van der Waals surface area contributed by atoms with Crippen LogP contribution in [0, 0.1) is 0 Å². The maximum Gasteiger partial charge on any atom is 0.254 e. The zero-order valence-electron chi connectivity index (χ0n) is 13.3. The van der Waals surface area contributed by atoms with E-state index in [1.165, 1.54) is 0 Å². The maximum absolute atomic E-state index is 12.7. The van der Waals surface area contributed by atoms with E-state index in [0.717, 1.165) is 25.5 Å². The van der Waals surface area contributed by atoms with Gasteiger partial charge in [0, 0.05) is 47.8 Å². The average molecular weight is 314 g/mol. The topological polar surface area (TPSA) is 83.6 Å². The van der Waals surface area contributed by atoms with E-state index < -0.39 is 0 Å². The molecule has 0 aliphatic carbocycles. The van der Waals surface area contributed by atoms with Crippen molar-refractivity contribution in [2.45, 2.75) is 19.3 Å². The highest BCUT2D eigenvalue weighted by Gasteiger charge is 2.17. The summed E-state index contributed by atoms with van der Waals surface area (Å²) in [5.41, 5.74) is 7.47. The lowest BCUT2D eigenvalue weighted by atomic mass is 9.97. The molecule has 0 atom stereocenters. The molecular formula is C18H22N2O3. The molecule has 2 aromatic carbocycles. The van der Waals surface area contributed by atoms with E-state index in [4.69, 9.17) is 10.8 Å². The minimum absolute atomic E-state index is 0.131. The number of aliphatic hydroxyl groups excluding tert-OH is 1. The molecule has 2 aromatic rings. The van der Waals surface area contributed by atoms with Crippen LogP contribution in [0.25, 0.3) is 10.8 Å². The molecule has 2 rings (SSSR count). The molecule has 122 valence electrons. The van der Waals surface area contributed by atoms with E-state index in [2.05, 4.69) is 0 Å². The number of hydrogen-bond donors (Lipinski definition) is 2. The summed E-state index contributed by atoms with van der Waals surface area (Å²) < 4.78 is 0. The highest BCUT2D eigenvalue weighted by molar-refractivity contribution is 6.14. The first kappa shape index (κ1) is 17.0. The van der Waals surface area contributed by atoms with Crippen LogP contribution in [-0.4, -0.2) is 42.4 Å². The fraction of sp³-hybridized carbons (Fsp3) is 0.333. The molecule has 3 N–H and O–H groups in total. The zero-order valence-corrected chi connectivity index (χ0v) is 13.3. The van der Waals surface area contributed by atoms with Crippen molar-refractivity contribution < 1.29 is 14.7 Å². The van der Waals surface area contributed by atoms with Gasteiger partial charge in [0.2, 0.25) is 0 Å². The van der Waals surface area contributed by atoms with Crippen LogP contribution in [0.3, 0.4) is 0 Å². The Morgan fingerprint density at radius 2 is 2.00 bits per heavy atom. The van der Waals surface area contributed by atoms with Gasteiger partial charge in [0.05, 0.1) is 0 Å². The van der Waals surface area contributed by atoms with Gasteiger partial charge in [-0.25, -0.2) is 0 Å². The van der Waals surface area contributed by atoms with Gasteiger partial charge in [0.15, 0.2) is 6.29 Å². The van der Waals surface area contributed by atoms with Crippen molar-refractivity contribution in [1.29, 1.82) is 0 Å². The summed E-state index contributed by atoms with van der Waals surface area (Å²) in [6.07, 6.45) is 3.19. The third-order valence-corrected chi connectivity index (χ3v) is 3.96. The third kappa shape index (κ3) is 3.68. The van der Waals surface area contributed by atoms with Crippen molar-refractivity contribution in [3.8, 4) is 0 Å². The number of hydrogen-bond acceptors (Lipinski definition) is 4. The first-order valence-electron chi connectivity index (χ1n) is 7.73. The Hall–Kier alpha value is -2.40. The fourth-order valence-electron chi connectivity index (χ4n) is 2.68. The number of rotatable bonds is 7. The Kier molecular flexibility index (Phi) is 5.71. The Balaban J connectivity index is 2.33. The quantitative estimate of drug-likeness (QED) is 0.467. The average Bonchev–Trinajstić information content (AvgIpc) is 2.58. The van der Waals surface area contributed by atoms with Gasteiger partial charge in [-0.15, -0.1) is 0 Å². The summed E-state index contributed by atoms with van der Waals surface area (Å²) in [4.78, 5) is 25.7. The van der Waals surface area contributed by atoms with Crippen molar-refractivity contribution in [3.63, 3.8) is 0 Å². The van der Waals surface area contributed by atoms with Gasteiger partial charge in [-0.3, -0.25) is 9.59 Å². The van der Waals surface area contributed by atoms with Crippen molar-refractivity contribution >= 4 is 28.7 Å². The fourth-order valence-corrected chi connectivity index (χ4v) is 2.68. The number of nitrogens with zero attached hydrogens (tertiary/aromatic N) is 1. The number of aliphatic hydroxyl groups is 1. The van der Waals surface area contributed by atoms with E-state index in [1.54, 1.807) is 36.2 Å². The lowest BCUT2D eigenvalue weighted by Crippen LogP contribution is -2.28. The summed E-state index contributed by atoms with van der Waals surface area (Å²) in [5, 5.41) is 10.1. The second-order valence-corrected chi connectivity index (χ2v) is 5.60. The van der Waals surface area contributed by atoms with Gasteiger partial charge in [0.1, 0.15) is 0 Å². The second-order valence-electron chi connectivity index (χ2n) is 5.60. The highest BCUT2D eigenvalue weighted by atomic mass is 16.3. The van der Waals surface area contributed by atoms with E-state index >= 15 is 0 Å². The number of nitrogen functional groups attached to an aromatic ring is 1. The Morgan fingerprint density at radius 3 is 2.70 bits per heavy atom. The summed E-state index contributed by atoms with van der Waals surface area (Å²) in [6.45, 7) is 0.775. The molecule has 5 nitrogen and oxygen atoms in total. The SMILES string of the molecule is CN(CCCCCO)C(=O)c1ccc(N)c2cccc(C=O)c12. The molecule has 0 radical (unpaired) electrons. The molecule has 5 heteroatoms. The number of aldehydes is 1. The Bertz CT molecular complexity index is 713. The molecule has 0 saturated heterocycles. The van der Waals surface area contributed by atoms with E-state index in [9.17, 15) is 9.59 Å². The van der Waals surface area contributed by atoms with Crippen LogP contribution in [0.2, 0.25) is 0 Å². The highest BCUT2D eigenvalue weighted by Crippen LogP contribution is 2.28. The van der Waals surface area contributed by atoms with Crippen LogP contribution in [0.4, 0.5) is 5.69 Å². The van der Waals surface area contributed by atoms with E-state index in [0.29, 0.717) is 34.1 Å². The molecular weight excluding hydrogens is 292 g/mol. The largest absolute Gasteiger partial charge is 0.398 e. The summed E-state index contributed by atoms with van der Waals surface area (Å²) in [5.74, 6) is -0.131. The van der Waals surface area contributed by atoms with Crippen molar-refractivity contribution in [2.75, 3.05) is 25.9 Å². The van der Waals surface area contributed by atoms with Gasteiger partial charge in [-0.2, -0.15) is 0 Å². The molecule has 23 heavy (non-hydrogen) atoms. The van der Waals surface area contributed by atoms with Crippen molar-refractivity contribution in [1.82, 2.24) is 4.90 Å². The standard InChI is InChI=1S/C18H22N2O3/c1-20(10-3-2-4-11-21)18(23)15-8-9-16(19)14-7-5-6-13(12-22)17(14)15/h5-9,12,21H,2-4,10-11,19H2,1H3. The molecule has 0 fully saturated rings. The lowest BCUT2D eigenvalue weighted by Gasteiger charge is -2.19. The number of nitrogens with two attached hydrogens (primary N) is 1. The summed E-state index contributed by atoms with van der Waals surface area (Å²) in [7, 11) is 1.74. The smallest absolute Gasteiger partial charge is 0.254 e. The number of carbonyl (C=O) groups is 2. The third-order valence-electron chi connectivity index (χ3n) is 3.96. The Labute approximate surface area is 135 Å². The Morgan fingerprint density at radius 1 is 1.22 bits per heavy atom. The van der Waals surface area contributed by atoms with Crippen LogP contribution < -0.4 is 5.73 Å². The second kappa shape index (κ2) is 7.74. The normalized spacial score (nSPS) is 10.7. The number of anilines is 1. The first-order valence-corrected chi connectivity index (χ1v) is 7.73. The molecule has 0 bridgehead atoms. The predicted octanol–water partition coefficient (Wildman–Crippen LogP) is 2.47. The minimum atomic E-state index is -0.131. The molecule has 0 aliphatic heterocycles. The van der Waals surface area contributed by atoms with E-state index in [1.807, 2.05) is 6.07 Å². The lowest BCUT2D eigenvalue weighted by molar-refractivity contribution is 0.0794. The van der Waals surface area contributed by atoms with Crippen LogP contribution in [0.1, 0.15) is 40.0 Å². The van der Waals surface area contributed by atoms with Crippen LogP contribution in [0.5, 0.6) is 0 Å². The predicted molar refractivity (Wildman–Crippen MR) is 91.6 cm³/mol. The zero-order chi connectivity index (χ0) is 16.8. The number of unbranched alkanes of at least 4 members (excludes halogenated alkanes) is 2. The van der Waals surface area contributed by atoms with Crippen LogP contribution in [-0.2, 0) is 0 Å². The monoisotopic (exact) mass is 314 g/mol. The van der Waals surface area contributed by atoms with Gasteiger partial charge < -0.3 is 15.7 Å². The number of fused-ring (bicyclic) bond motifs is 1. The first-order chi connectivity index (χ1) is 11.1. The maximum atomic E-state index is 12.7. The van der Waals surface area contributed by atoms with Gasteiger partial charge in [-0.1, -0.05) is 18.2 Å². The summed E-state index contributed by atoms with van der Waals surface area (Å²) in [6, 6.07) is 8.64. The molecule has 0 aliphatic rings. The number of benzene rings is 2. The van der Waals surface area contributed by atoms with Gasteiger partial charge in [-0.05, 0) is 31.4 Å². The van der Waals surface area contributed by atoms with E-state index in [-0.39, 0.29) is 12.5 Å². The number of carbonyl (C=O) groups excluding carboxylic acids is 2. The molecule has 0 aromatic heterocycles.